The van der Waals surface area contributed by atoms with Crippen LogP contribution in [0, 0.1) is 0 Å². The van der Waals surface area contributed by atoms with Crippen LogP contribution >= 0.6 is 0 Å². The third-order valence-electron chi connectivity index (χ3n) is 6.13. The summed E-state index contributed by atoms with van der Waals surface area (Å²) >= 11 is 0. The number of hydrogen-bond donors (Lipinski definition) is 9. The van der Waals surface area contributed by atoms with E-state index in [-0.39, 0.29) is 32.1 Å². The fraction of sp³-hybridized carbons (Fsp3) is 0.440. The summed E-state index contributed by atoms with van der Waals surface area (Å²) in [6.45, 7) is 1.16. The summed E-state index contributed by atoms with van der Waals surface area (Å²) < 4.78 is 0. The van der Waals surface area contributed by atoms with Crippen molar-refractivity contribution in [2.24, 2.45) is 17.2 Å². The van der Waals surface area contributed by atoms with Crippen LogP contribution in [0.15, 0.2) is 30.5 Å². The van der Waals surface area contributed by atoms with Gasteiger partial charge in [-0.2, -0.15) is 0 Å². The summed E-state index contributed by atoms with van der Waals surface area (Å²) in [5, 5.41) is 26.9. The second kappa shape index (κ2) is 14.6. The molecule has 0 saturated carbocycles. The molecular weight excluding hydrogens is 526 g/mol. The van der Waals surface area contributed by atoms with Crippen molar-refractivity contribution in [2.75, 3.05) is 0 Å². The summed E-state index contributed by atoms with van der Waals surface area (Å²) in [5.41, 5.74) is 17.6. The molecule has 5 atom stereocenters. The van der Waals surface area contributed by atoms with Gasteiger partial charge in [-0.25, -0.2) is 4.79 Å². The number of fused-ring (bicyclic) bond motifs is 1. The number of aromatic nitrogens is 1. The normalized spacial score (nSPS) is 14.8. The Labute approximate surface area is 229 Å². The highest BCUT2D eigenvalue weighted by molar-refractivity contribution is 5.95. The zero-order valence-corrected chi connectivity index (χ0v) is 21.9. The number of aromatic amines is 1. The number of H-pyrrole nitrogens is 1. The first-order chi connectivity index (χ1) is 18.8. The maximum absolute atomic E-state index is 13.4. The number of amides is 5. The van der Waals surface area contributed by atoms with Gasteiger partial charge in [0.15, 0.2) is 6.04 Å². The Balaban J connectivity index is 2.32. The lowest BCUT2D eigenvalue weighted by Crippen LogP contribution is -2.58. The van der Waals surface area contributed by atoms with E-state index in [9.17, 15) is 39.0 Å². The molecule has 0 aliphatic rings. The molecular formula is C25H35N7O8. The molecule has 0 bridgehead atoms. The van der Waals surface area contributed by atoms with E-state index >= 15 is 0 Å². The Morgan fingerprint density at radius 3 is 2.05 bits per heavy atom. The van der Waals surface area contributed by atoms with Crippen molar-refractivity contribution in [3.63, 3.8) is 0 Å². The molecule has 15 heteroatoms. The predicted molar refractivity (Wildman–Crippen MR) is 142 cm³/mol. The number of primary amides is 2. The van der Waals surface area contributed by atoms with Gasteiger partial charge in [-0.05, 0) is 31.4 Å². The molecule has 40 heavy (non-hydrogen) atoms. The van der Waals surface area contributed by atoms with Crippen molar-refractivity contribution in [1.29, 1.82) is 0 Å². The number of carboxylic acids is 1. The van der Waals surface area contributed by atoms with Crippen molar-refractivity contribution in [2.45, 2.75) is 69.3 Å². The van der Waals surface area contributed by atoms with E-state index in [2.05, 4.69) is 20.9 Å². The minimum atomic E-state index is -1.69. The maximum atomic E-state index is 13.4. The van der Waals surface area contributed by atoms with Crippen molar-refractivity contribution < 1.29 is 39.0 Å². The van der Waals surface area contributed by atoms with Gasteiger partial charge in [-0.15, -0.1) is 0 Å². The minimum absolute atomic E-state index is 0.0420. The number of nitrogens with one attached hydrogen (secondary N) is 4. The van der Waals surface area contributed by atoms with E-state index in [4.69, 9.17) is 17.2 Å². The highest BCUT2D eigenvalue weighted by atomic mass is 16.4. The quantitative estimate of drug-likeness (QED) is 0.104. The molecule has 5 unspecified atom stereocenters. The molecule has 1 heterocycles. The van der Waals surface area contributed by atoms with Gasteiger partial charge < -0.3 is 48.3 Å². The molecule has 0 aliphatic carbocycles. The van der Waals surface area contributed by atoms with Crippen LogP contribution in [0.5, 0.6) is 0 Å². The molecule has 1 aromatic heterocycles. The molecule has 0 aliphatic heterocycles. The molecule has 2 rings (SSSR count). The van der Waals surface area contributed by atoms with Gasteiger partial charge in [0, 0.05) is 36.4 Å². The fourth-order valence-corrected chi connectivity index (χ4v) is 3.91. The van der Waals surface area contributed by atoms with Crippen molar-refractivity contribution in [3.05, 3.63) is 36.0 Å². The first-order valence-electron chi connectivity index (χ1n) is 12.5. The number of carbonyl (C=O) groups is 6. The lowest BCUT2D eigenvalue weighted by Gasteiger charge is -2.25. The lowest BCUT2D eigenvalue weighted by molar-refractivity contribution is -0.145. The van der Waals surface area contributed by atoms with E-state index in [1.165, 1.54) is 0 Å². The van der Waals surface area contributed by atoms with Crippen LogP contribution in [-0.4, -0.2) is 81.0 Å². The Morgan fingerprint density at radius 1 is 0.875 bits per heavy atom. The van der Waals surface area contributed by atoms with E-state index in [1.807, 2.05) is 18.2 Å². The predicted octanol–water partition coefficient (Wildman–Crippen LogP) is -2.51. The second-order valence-corrected chi connectivity index (χ2v) is 9.37. The number of para-hydroxylation sites is 1. The first-order valence-corrected chi connectivity index (χ1v) is 12.5. The van der Waals surface area contributed by atoms with Gasteiger partial charge in [-0.1, -0.05) is 18.2 Å². The van der Waals surface area contributed by atoms with E-state index in [0.29, 0.717) is 5.56 Å². The topological polar surface area (TPSA) is 273 Å². The van der Waals surface area contributed by atoms with E-state index in [1.54, 1.807) is 12.3 Å². The highest BCUT2D eigenvalue weighted by Gasteiger charge is 2.32. The number of carboxylic acid groups (broad SMARTS) is 1. The molecule has 5 amide bonds. The number of aliphatic hydroxyl groups is 1. The Hall–Kier alpha value is -4.50. The van der Waals surface area contributed by atoms with Gasteiger partial charge in [0.05, 0.1) is 12.1 Å². The third kappa shape index (κ3) is 9.36. The lowest BCUT2D eigenvalue weighted by atomic mass is 10.0. The highest BCUT2D eigenvalue weighted by Crippen LogP contribution is 2.19. The first kappa shape index (κ1) is 31.7. The number of nitrogens with two attached hydrogens (primary N) is 3. The van der Waals surface area contributed by atoms with Crippen LogP contribution in [-0.2, 0) is 35.2 Å². The van der Waals surface area contributed by atoms with Crippen LogP contribution in [0.4, 0.5) is 0 Å². The SMILES string of the molecule is CC(O)C(NC(=O)C(CCC(N)=O)NC(=O)C(Cc1c[nH]c2ccccc12)NC(=O)C(N)CCC(N)=O)C(=O)O. The molecule has 1 aromatic carbocycles. The molecule has 12 N–H and O–H groups in total. The molecule has 0 spiro atoms. The van der Waals surface area contributed by atoms with Crippen LogP contribution < -0.4 is 33.2 Å². The average Bonchev–Trinajstić information content (AvgIpc) is 3.29. The fourth-order valence-electron chi connectivity index (χ4n) is 3.91. The Morgan fingerprint density at radius 2 is 1.45 bits per heavy atom. The molecule has 0 radical (unpaired) electrons. The zero-order valence-electron chi connectivity index (χ0n) is 21.9. The van der Waals surface area contributed by atoms with Gasteiger partial charge in [-0.3, -0.25) is 24.0 Å². The van der Waals surface area contributed by atoms with Crippen LogP contribution in [0.2, 0.25) is 0 Å². The van der Waals surface area contributed by atoms with Crippen molar-refractivity contribution >= 4 is 46.4 Å². The van der Waals surface area contributed by atoms with E-state index in [0.717, 1.165) is 17.8 Å². The average molecular weight is 562 g/mol. The molecule has 0 saturated heterocycles. The monoisotopic (exact) mass is 561 g/mol. The number of carbonyl (C=O) groups excluding carboxylic acids is 5. The molecule has 0 fully saturated rings. The Kier molecular flexibility index (Phi) is 11.6. The van der Waals surface area contributed by atoms with Gasteiger partial charge in [0.25, 0.3) is 0 Å². The maximum Gasteiger partial charge on any atom is 0.328 e. The number of hydrogen-bond acceptors (Lipinski definition) is 8. The third-order valence-corrected chi connectivity index (χ3v) is 6.13. The number of rotatable bonds is 16. The number of benzene rings is 1. The van der Waals surface area contributed by atoms with E-state index < -0.39 is 65.8 Å². The summed E-state index contributed by atoms with van der Waals surface area (Å²) in [6, 6.07) is 1.66. The molecule has 2 aromatic rings. The van der Waals surface area contributed by atoms with Crippen molar-refractivity contribution in [1.82, 2.24) is 20.9 Å². The summed E-state index contributed by atoms with van der Waals surface area (Å²) in [5.74, 6) is -5.53. The molecule has 15 nitrogen and oxygen atoms in total. The number of aliphatic carboxylic acids is 1. The van der Waals surface area contributed by atoms with Crippen molar-refractivity contribution in [3.8, 4) is 0 Å². The second-order valence-electron chi connectivity index (χ2n) is 9.37. The number of aliphatic hydroxyl groups excluding tert-OH is 1. The van der Waals surface area contributed by atoms with Crippen LogP contribution in [0.3, 0.4) is 0 Å². The van der Waals surface area contributed by atoms with Gasteiger partial charge >= 0.3 is 5.97 Å². The van der Waals surface area contributed by atoms with Gasteiger partial charge in [0.2, 0.25) is 29.5 Å². The minimum Gasteiger partial charge on any atom is -0.480 e. The summed E-state index contributed by atoms with van der Waals surface area (Å²) in [6.07, 6.45) is -0.696. The zero-order chi connectivity index (χ0) is 30.0. The largest absolute Gasteiger partial charge is 0.480 e. The van der Waals surface area contributed by atoms with Crippen LogP contribution in [0.25, 0.3) is 10.9 Å². The molecule has 218 valence electrons. The summed E-state index contributed by atoms with van der Waals surface area (Å²) in [4.78, 5) is 76.1. The smallest absolute Gasteiger partial charge is 0.328 e. The van der Waals surface area contributed by atoms with Gasteiger partial charge in [0.1, 0.15) is 12.1 Å². The Bertz CT molecular complexity index is 1240. The standard InChI is InChI=1S/C25H35N7O8/c1-12(33)21(25(39)40)32-23(37)17(7-9-20(28)35)30-24(38)18(31-22(36)15(26)6-8-19(27)34)10-13-11-29-16-5-3-2-4-14(13)16/h2-5,11-12,15,17-18,21,29,33H,6-10,26H2,1H3,(H2,27,34)(H2,28,35)(H,30,38)(H,31,36)(H,32,37)(H,39,40). The van der Waals surface area contributed by atoms with Crippen LogP contribution in [0.1, 0.15) is 38.2 Å². The summed E-state index contributed by atoms with van der Waals surface area (Å²) in [7, 11) is 0.